The van der Waals surface area contributed by atoms with Gasteiger partial charge in [-0.25, -0.2) is 8.42 Å². The second-order valence-electron chi connectivity index (χ2n) is 7.20. The SMILES string of the molecule is Cc1nc(-c2ccc(C)c(S(=O)(=O)NC(C)C(=O)Nc3cccc(C)c3C)c2)no1. The number of nitrogens with one attached hydrogen (secondary N) is 2. The Hall–Kier alpha value is -3.04. The Morgan fingerprint density at radius 2 is 1.80 bits per heavy atom. The van der Waals surface area contributed by atoms with Gasteiger partial charge in [0.1, 0.15) is 0 Å². The van der Waals surface area contributed by atoms with Crippen LogP contribution in [0.4, 0.5) is 5.69 Å². The lowest BCUT2D eigenvalue weighted by atomic mass is 10.1. The zero-order valence-electron chi connectivity index (χ0n) is 17.5. The maximum absolute atomic E-state index is 13.0. The summed E-state index contributed by atoms with van der Waals surface area (Å²) in [6.07, 6.45) is 0. The van der Waals surface area contributed by atoms with Gasteiger partial charge in [-0.3, -0.25) is 4.79 Å². The summed E-state index contributed by atoms with van der Waals surface area (Å²) in [6, 6.07) is 9.43. The van der Waals surface area contributed by atoms with E-state index in [2.05, 4.69) is 20.2 Å². The van der Waals surface area contributed by atoms with E-state index in [0.717, 1.165) is 11.1 Å². The molecule has 0 spiro atoms. The second-order valence-corrected chi connectivity index (χ2v) is 8.88. The fraction of sp³-hybridized carbons (Fsp3) is 0.286. The van der Waals surface area contributed by atoms with Gasteiger partial charge in [-0.15, -0.1) is 0 Å². The molecule has 0 aliphatic heterocycles. The highest BCUT2D eigenvalue weighted by molar-refractivity contribution is 7.89. The Balaban J connectivity index is 1.82. The van der Waals surface area contributed by atoms with Crippen molar-refractivity contribution in [2.75, 3.05) is 5.32 Å². The van der Waals surface area contributed by atoms with Gasteiger partial charge >= 0.3 is 0 Å². The van der Waals surface area contributed by atoms with Gasteiger partial charge in [0.2, 0.25) is 27.6 Å². The zero-order valence-corrected chi connectivity index (χ0v) is 18.3. The van der Waals surface area contributed by atoms with Crippen LogP contribution in [0, 0.1) is 27.7 Å². The number of benzene rings is 2. The first-order valence-electron chi connectivity index (χ1n) is 9.39. The highest BCUT2D eigenvalue weighted by Gasteiger charge is 2.25. The number of hydrogen-bond donors (Lipinski definition) is 2. The van der Waals surface area contributed by atoms with Crippen molar-refractivity contribution < 1.29 is 17.7 Å². The van der Waals surface area contributed by atoms with E-state index in [1.807, 2.05) is 26.0 Å². The van der Waals surface area contributed by atoms with Crippen LogP contribution in [-0.2, 0) is 14.8 Å². The number of anilines is 1. The average molecular weight is 429 g/mol. The normalized spacial score (nSPS) is 12.6. The van der Waals surface area contributed by atoms with Gasteiger partial charge in [0.15, 0.2) is 0 Å². The van der Waals surface area contributed by atoms with E-state index < -0.39 is 22.0 Å². The molecule has 158 valence electrons. The van der Waals surface area contributed by atoms with E-state index in [9.17, 15) is 13.2 Å². The molecule has 2 N–H and O–H groups in total. The predicted octanol–water partition coefficient (Wildman–Crippen LogP) is 3.28. The second kappa shape index (κ2) is 8.37. The van der Waals surface area contributed by atoms with Gasteiger partial charge in [0, 0.05) is 18.2 Å². The first-order chi connectivity index (χ1) is 14.1. The fourth-order valence-corrected chi connectivity index (χ4v) is 4.40. The first-order valence-corrected chi connectivity index (χ1v) is 10.9. The smallest absolute Gasteiger partial charge is 0.242 e. The topological polar surface area (TPSA) is 114 Å². The van der Waals surface area contributed by atoms with Crippen molar-refractivity contribution in [2.45, 2.75) is 45.6 Å². The molecule has 3 rings (SSSR count). The lowest BCUT2D eigenvalue weighted by Gasteiger charge is -2.17. The van der Waals surface area contributed by atoms with Crippen LogP contribution < -0.4 is 10.0 Å². The summed E-state index contributed by atoms with van der Waals surface area (Å²) in [4.78, 5) is 16.8. The van der Waals surface area contributed by atoms with Crippen LogP contribution in [0.1, 0.15) is 29.5 Å². The van der Waals surface area contributed by atoms with Gasteiger partial charge in [0.25, 0.3) is 0 Å². The lowest BCUT2D eigenvalue weighted by Crippen LogP contribution is -2.41. The molecule has 3 aromatic rings. The molecule has 1 heterocycles. The molecule has 1 amide bonds. The molecule has 30 heavy (non-hydrogen) atoms. The van der Waals surface area contributed by atoms with Crippen LogP contribution in [0.2, 0.25) is 0 Å². The van der Waals surface area contributed by atoms with Gasteiger partial charge in [0.05, 0.1) is 10.9 Å². The average Bonchev–Trinajstić information content (AvgIpc) is 3.11. The molecular formula is C21H24N4O4S. The van der Waals surface area contributed by atoms with Crippen LogP contribution in [-0.4, -0.2) is 30.5 Å². The molecule has 9 heteroatoms. The van der Waals surface area contributed by atoms with Crippen LogP contribution in [0.25, 0.3) is 11.4 Å². The van der Waals surface area contributed by atoms with Crippen molar-refractivity contribution in [1.29, 1.82) is 0 Å². The standard InChI is InChI=1S/C21H24N4O4S/c1-12-7-6-8-18(14(12)3)23-21(26)15(4)25-30(27,28)19-11-17(10-9-13(19)2)20-22-16(5)29-24-20/h6-11,15,25H,1-5H3,(H,23,26). The van der Waals surface area contributed by atoms with Gasteiger partial charge in [-0.1, -0.05) is 29.4 Å². The largest absolute Gasteiger partial charge is 0.339 e. The highest BCUT2D eigenvalue weighted by atomic mass is 32.2. The van der Waals surface area contributed by atoms with Gasteiger partial charge < -0.3 is 9.84 Å². The third-order valence-electron chi connectivity index (χ3n) is 4.85. The zero-order chi connectivity index (χ0) is 22.1. The number of amides is 1. The summed E-state index contributed by atoms with van der Waals surface area (Å²) in [5, 5.41) is 6.61. The van der Waals surface area contributed by atoms with Crippen LogP contribution in [0.5, 0.6) is 0 Å². The van der Waals surface area contributed by atoms with Crippen LogP contribution in [0.3, 0.4) is 0 Å². The van der Waals surface area contributed by atoms with Gasteiger partial charge in [-0.2, -0.15) is 9.71 Å². The third-order valence-corrected chi connectivity index (χ3v) is 6.53. The fourth-order valence-electron chi connectivity index (χ4n) is 2.92. The van der Waals surface area contributed by atoms with Crippen LogP contribution in [0.15, 0.2) is 45.8 Å². The Morgan fingerprint density at radius 1 is 1.07 bits per heavy atom. The molecule has 1 unspecified atom stereocenters. The Kier molecular flexibility index (Phi) is 6.04. The van der Waals surface area contributed by atoms with Crippen molar-refractivity contribution in [2.24, 2.45) is 0 Å². The minimum Gasteiger partial charge on any atom is -0.339 e. The summed E-state index contributed by atoms with van der Waals surface area (Å²) in [5.74, 6) is 0.226. The third kappa shape index (κ3) is 4.58. The molecule has 0 bridgehead atoms. The predicted molar refractivity (Wildman–Crippen MR) is 114 cm³/mol. The number of carbonyl (C=O) groups excluding carboxylic acids is 1. The monoisotopic (exact) mass is 428 g/mol. The molecule has 1 aromatic heterocycles. The summed E-state index contributed by atoms with van der Waals surface area (Å²) in [5.41, 5.74) is 3.65. The number of sulfonamides is 1. The molecule has 1 atom stereocenters. The first kappa shape index (κ1) is 21.7. The Bertz CT molecular complexity index is 1200. The summed E-state index contributed by atoms with van der Waals surface area (Å²) >= 11 is 0. The molecule has 0 aliphatic carbocycles. The summed E-state index contributed by atoms with van der Waals surface area (Å²) in [7, 11) is -3.97. The van der Waals surface area contributed by atoms with E-state index in [1.165, 1.54) is 13.0 Å². The number of aromatic nitrogens is 2. The van der Waals surface area contributed by atoms with E-state index in [0.29, 0.717) is 28.5 Å². The maximum atomic E-state index is 13.0. The lowest BCUT2D eigenvalue weighted by molar-refractivity contribution is -0.117. The quantitative estimate of drug-likeness (QED) is 0.623. The van der Waals surface area contributed by atoms with Crippen molar-refractivity contribution in [3.05, 3.63) is 59.0 Å². The summed E-state index contributed by atoms with van der Waals surface area (Å²) in [6.45, 7) is 8.67. The van der Waals surface area contributed by atoms with Gasteiger partial charge in [-0.05, 0) is 56.5 Å². The molecule has 0 radical (unpaired) electrons. The van der Waals surface area contributed by atoms with E-state index in [-0.39, 0.29) is 4.90 Å². The van der Waals surface area contributed by atoms with Crippen LogP contribution >= 0.6 is 0 Å². The van der Waals surface area contributed by atoms with E-state index >= 15 is 0 Å². The van der Waals surface area contributed by atoms with E-state index in [1.54, 1.807) is 32.0 Å². The Labute approximate surface area is 175 Å². The number of nitrogens with zero attached hydrogens (tertiary/aromatic N) is 2. The number of carbonyl (C=O) groups is 1. The molecule has 2 aromatic carbocycles. The Morgan fingerprint density at radius 3 is 2.47 bits per heavy atom. The van der Waals surface area contributed by atoms with Crippen molar-refractivity contribution in [1.82, 2.24) is 14.9 Å². The maximum Gasteiger partial charge on any atom is 0.242 e. The number of hydrogen-bond acceptors (Lipinski definition) is 6. The highest BCUT2D eigenvalue weighted by Crippen LogP contribution is 2.24. The number of rotatable bonds is 6. The summed E-state index contributed by atoms with van der Waals surface area (Å²) < 4.78 is 33.4. The molecule has 0 saturated heterocycles. The molecule has 0 saturated carbocycles. The minimum atomic E-state index is -3.97. The molecular weight excluding hydrogens is 404 g/mol. The number of aryl methyl sites for hydroxylation is 3. The van der Waals surface area contributed by atoms with E-state index in [4.69, 9.17) is 4.52 Å². The van der Waals surface area contributed by atoms with Crippen molar-refractivity contribution >= 4 is 21.6 Å². The van der Waals surface area contributed by atoms with Crippen molar-refractivity contribution in [3.63, 3.8) is 0 Å². The van der Waals surface area contributed by atoms with Crippen molar-refractivity contribution in [3.8, 4) is 11.4 Å². The molecule has 0 aliphatic rings. The molecule has 8 nitrogen and oxygen atoms in total. The minimum absolute atomic E-state index is 0.0499. The molecule has 0 fully saturated rings.